The average molecular weight is 1020 g/mol. The minimum Gasteiger partial charge on any atom is -0.344 e. The number of rotatable bonds is 12. The van der Waals surface area contributed by atoms with Crippen molar-refractivity contribution in [1.82, 2.24) is 0 Å². The van der Waals surface area contributed by atoms with Gasteiger partial charge in [-0.2, -0.15) is 4.58 Å². The summed E-state index contributed by atoms with van der Waals surface area (Å²) in [5.41, 5.74) is 19.7. The molecule has 78 heavy (non-hydrogen) atoms. The van der Waals surface area contributed by atoms with Crippen LogP contribution in [0.5, 0.6) is 0 Å². The van der Waals surface area contributed by atoms with Crippen LogP contribution in [0.2, 0.25) is 0 Å². The largest absolute Gasteiger partial charge is 0.344 e. The topological polar surface area (TPSA) is 9.49 Å². The zero-order valence-electron chi connectivity index (χ0n) is 46.4. The van der Waals surface area contributed by atoms with E-state index in [9.17, 15) is 0 Å². The summed E-state index contributed by atoms with van der Waals surface area (Å²) in [5, 5.41) is 8.14. The van der Waals surface area contributed by atoms with Crippen LogP contribution in [-0.4, -0.2) is 23.4 Å². The molecule has 2 unspecified atom stereocenters. The third-order valence-corrected chi connectivity index (χ3v) is 18.2. The second-order valence-corrected chi connectivity index (χ2v) is 23.7. The Morgan fingerprint density at radius 1 is 0.628 bits per heavy atom. The summed E-state index contributed by atoms with van der Waals surface area (Å²) < 4.78 is 2.69. The summed E-state index contributed by atoms with van der Waals surface area (Å²) in [6.45, 7) is 16.1. The van der Waals surface area contributed by atoms with Crippen molar-refractivity contribution in [2.24, 2.45) is 11.8 Å². The van der Waals surface area contributed by atoms with Crippen molar-refractivity contribution in [1.29, 1.82) is 0 Å². The van der Waals surface area contributed by atoms with Gasteiger partial charge in [-0.1, -0.05) is 188 Å². The van der Waals surface area contributed by atoms with Crippen LogP contribution >= 0.6 is 0 Å². The second-order valence-electron chi connectivity index (χ2n) is 23.7. The maximum Gasteiger partial charge on any atom is 0.209 e. The number of hydrogen-bond donors (Lipinski definition) is 0. The fourth-order valence-electron chi connectivity index (χ4n) is 14.2. The highest BCUT2D eigenvalue weighted by atomic mass is 15.2. The number of hydrogen-bond acceptors (Lipinski definition) is 2. The van der Waals surface area contributed by atoms with Gasteiger partial charge in [0.05, 0.1) is 11.1 Å². The minimum absolute atomic E-state index is 0.193. The van der Waals surface area contributed by atoms with E-state index in [0.29, 0.717) is 11.8 Å². The molecule has 8 aromatic carbocycles. The standard InChI is InChI=1S/C75H72N3/c1-51-33-39-69-67(47-51)74(3,4)71(76(69)45-43-65-61-29-17-13-21-55(61)49-56-22-14-18-30-62(56)65)41-37-53-35-36-54(73(53)78(59-25-9-7-10-26-59)60-27-11-8-12-28-60)38-42-72-75(5,6)68-48-52(2)34-40-70(68)77(72)46-44-66-63-31-19-15-23-57(63)50-58-24-16-20-32-64(58)66/h7-19,21-31,33-34,37-42,47-50,58,64H,20,32,35-36,43-46H2,1-6H3/q+1. The Balaban J connectivity index is 0.940. The van der Waals surface area contributed by atoms with Crippen molar-refractivity contribution in [3.8, 4) is 0 Å². The van der Waals surface area contributed by atoms with Crippen LogP contribution in [0.1, 0.15) is 87.6 Å². The first-order valence-electron chi connectivity index (χ1n) is 28.8. The van der Waals surface area contributed by atoms with Crippen LogP contribution in [0.15, 0.2) is 235 Å². The van der Waals surface area contributed by atoms with Crippen LogP contribution in [-0.2, 0) is 17.3 Å². The second kappa shape index (κ2) is 20.1. The lowest BCUT2D eigenvalue weighted by molar-refractivity contribution is -0.436. The van der Waals surface area contributed by atoms with Gasteiger partial charge in [-0.25, -0.2) is 0 Å². The monoisotopic (exact) mass is 1010 g/mol. The van der Waals surface area contributed by atoms with Crippen LogP contribution in [0, 0.1) is 25.7 Å². The summed E-state index contributed by atoms with van der Waals surface area (Å²) in [6.07, 6.45) is 23.6. The van der Waals surface area contributed by atoms with Crippen molar-refractivity contribution < 1.29 is 4.58 Å². The first kappa shape index (κ1) is 49.6. The summed E-state index contributed by atoms with van der Waals surface area (Å²) in [6, 6.07) is 65.7. The molecule has 5 aliphatic rings. The molecule has 0 saturated heterocycles. The zero-order valence-corrected chi connectivity index (χ0v) is 46.4. The quantitative estimate of drug-likeness (QED) is 0.0685. The summed E-state index contributed by atoms with van der Waals surface area (Å²) in [4.78, 5) is 5.18. The normalized spacial score (nSPS) is 20.0. The molecule has 3 nitrogen and oxygen atoms in total. The number of fused-ring (bicyclic) bond motifs is 6. The van der Waals surface area contributed by atoms with E-state index in [1.807, 2.05) is 0 Å². The number of benzene rings is 8. The Morgan fingerprint density at radius 3 is 2.01 bits per heavy atom. The number of anilines is 3. The lowest BCUT2D eigenvalue weighted by atomic mass is 9.74. The Bertz CT molecular complexity index is 3910. The molecule has 0 N–H and O–H groups in total. The molecule has 0 saturated carbocycles. The van der Waals surface area contributed by atoms with Crippen LogP contribution < -0.4 is 20.2 Å². The van der Waals surface area contributed by atoms with Gasteiger partial charge in [0, 0.05) is 64.8 Å². The predicted octanol–water partition coefficient (Wildman–Crippen LogP) is 16.9. The molecule has 2 atom stereocenters. The first-order chi connectivity index (χ1) is 38.0. The van der Waals surface area contributed by atoms with Gasteiger partial charge in [0.25, 0.3) is 0 Å². The van der Waals surface area contributed by atoms with Gasteiger partial charge in [0.1, 0.15) is 0 Å². The van der Waals surface area contributed by atoms with Crippen molar-refractivity contribution in [3.05, 3.63) is 273 Å². The van der Waals surface area contributed by atoms with E-state index in [2.05, 4.69) is 274 Å². The number of allylic oxidation sites excluding steroid dienone is 9. The van der Waals surface area contributed by atoms with E-state index < -0.39 is 0 Å². The van der Waals surface area contributed by atoms with Gasteiger partial charge < -0.3 is 9.80 Å². The molecular formula is C75H72N3+. The maximum absolute atomic E-state index is 2.69. The molecule has 0 aromatic heterocycles. The van der Waals surface area contributed by atoms with E-state index >= 15 is 0 Å². The van der Waals surface area contributed by atoms with Crippen molar-refractivity contribution in [3.63, 3.8) is 0 Å². The molecule has 13 rings (SSSR count). The van der Waals surface area contributed by atoms with Crippen LogP contribution in [0.25, 0.3) is 33.2 Å². The van der Waals surface area contributed by atoms with E-state index in [0.717, 1.165) is 56.6 Å². The molecule has 0 spiro atoms. The maximum atomic E-state index is 2.69. The van der Waals surface area contributed by atoms with Gasteiger partial charge in [-0.15, -0.1) is 0 Å². The van der Waals surface area contributed by atoms with Gasteiger partial charge in [-0.05, 0) is 169 Å². The van der Waals surface area contributed by atoms with Gasteiger partial charge in [0.15, 0.2) is 12.3 Å². The molecule has 2 heterocycles. The molecule has 2 aliphatic heterocycles. The molecule has 0 bridgehead atoms. The highest BCUT2D eigenvalue weighted by Gasteiger charge is 2.45. The highest BCUT2D eigenvalue weighted by molar-refractivity contribution is 6.04. The van der Waals surface area contributed by atoms with Crippen molar-refractivity contribution in [2.75, 3.05) is 22.9 Å². The van der Waals surface area contributed by atoms with Gasteiger partial charge in [-0.3, -0.25) is 0 Å². The third kappa shape index (κ3) is 8.73. The van der Waals surface area contributed by atoms with E-state index in [1.54, 1.807) is 5.57 Å². The average Bonchev–Trinajstić information content (AvgIpc) is 4.04. The Kier molecular flexibility index (Phi) is 12.8. The van der Waals surface area contributed by atoms with Crippen molar-refractivity contribution in [2.45, 2.75) is 90.9 Å². The zero-order chi connectivity index (χ0) is 53.1. The molecule has 3 aliphatic carbocycles. The van der Waals surface area contributed by atoms with Crippen LogP contribution in [0.4, 0.5) is 22.7 Å². The molecular weight excluding hydrogens is 943 g/mol. The number of para-hydroxylation sites is 2. The van der Waals surface area contributed by atoms with Gasteiger partial charge in [0.2, 0.25) is 5.69 Å². The Hall–Kier alpha value is -8.01. The van der Waals surface area contributed by atoms with E-state index in [1.165, 1.54) is 106 Å². The molecule has 0 amide bonds. The molecule has 386 valence electrons. The lowest BCUT2D eigenvalue weighted by Gasteiger charge is -2.30. The summed E-state index contributed by atoms with van der Waals surface area (Å²) in [7, 11) is 0. The minimum atomic E-state index is -0.213. The molecule has 0 fully saturated rings. The van der Waals surface area contributed by atoms with Crippen LogP contribution in [0.3, 0.4) is 0 Å². The Labute approximate surface area is 462 Å². The van der Waals surface area contributed by atoms with E-state index in [4.69, 9.17) is 0 Å². The van der Waals surface area contributed by atoms with Crippen molar-refractivity contribution >= 4 is 61.7 Å². The smallest absolute Gasteiger partial charge is 0.209 e. The van der Waals surface area contributed by atoms with E-state index in [-0.39, 0.29) is 10.8 Å². The fraction of sp³-hybridized carbons (Fsp3) is 0.240. The summed E-state index contributed by atoms with van der Waals surface area (Å²) >= 11 is 0. The molecule has 8 aromatic rings. The lowest BCUT2D eigenvalue weighted by Crippen LogP contribution is -2.37. The Morgan fingerprint density at radius 2 is 1.28 bits per heavy atom. The predicted molar refractivity (Wildman–Crippen MR) is 331 cm³/mol. The SMILES string of the molecule is Cc1ccc2c(c1)C(C)(C)C(/C=C/C1=C(N(c3ccccc3)c3ccccc3)C(=C/C=C3/N(CCc4c5ccccc5cc5ccccc45)c4ccc(C)cc4C3(C)C)/CC1)=[N+]2CCC1=c2ccccc2=CC2C=CCCC12. The van der Waals surface area contributed by atoms with Gasteiger partial charge >= 0.3 is 0 Å². The number of nitrogens with zero attached hydrogens (tertiary/aromatic N) is 3. The molecule has 3 heteroatoms. The summed E-state index contributed by atoms with van der Waals surface area (Å²) in [5.74, 6) is 1.02. The fourth-order valence-corrected chi connectivity index (χ4v) is 14.2. The first-order valence-corrected chi connectivity index (χ1v) is 28.8. The highest BCUT2D eigenvalue weighted by Crippen LogP contribution is 2.50. The molecule has 0 radical (unpaired) electrons. The third-order valence-electron chi connectivity index (χ3n) is 18.2. The number of aryl methyl sites for hydroxylation is 2.